The zero-order valence-corrected chi connectivity index (χ0v) is 7.60. The highest BCUT2D eigenvalue weighted by atomic mass is 15.0. The molecule has 4 N–H and O–H groups in total. The topological polar surface area (TPSA) is 85.7 Å². The molecule has 0 rings (SSSR count). The van der Waals surface area contributed by atoms with Crippen LogP contribution in [0, 0.1) is 16.7 Å². The minimum atomic E-state index is -0.615. The zero-order chi connectivity index (χ0) is 9.78. The lowest BCUT2D eigenvalue weighted by Crippen LogP contribution is -2.36. The van der Waals surface area contributed by atoms with Crippen LogP contribution in [0.4, 0.5) is 0 Å². The van der Waals surface area contributed by atoms with Crippen LogP contribution in [0.3, 0.4) is 0 Å². The summed E-state index contributed by atoms with van der Waals surface area (Å²) in [6, 6.07) is 2.08. The highest BCUT2D eigenvalue weighted by Crippen LogP contribution is 2.02. The molecule has 0 bridgehead atoms. The molecule has 0 radical (unpaired) electrons. The van der Waals surface area contributed by atoms with E-state index < -0.39 is 5.54 Å². The lowest BCUT2D eigenvalue weighted by Gasteiger charge is -2.19. The summed E-state index contributed by atoms with van der Waals surface area (Å²) in [6.45, 7) is 5.27. The van der Waals surface area contributed by atoms with Crippen LogP contribution in [0.1, 0.15) is 20.8 Å². The summed E-state index contributed by atoms with van der Waals surface area (Å²) in [5, 5.41) is 18.5. The van der Waals surface area contributed by atoms with E-state index in [1.807, 2.05) is 0 Å². The van der Waals surface area contributed by atoms with Crippen molar-refractivity contribution in [3.05, 3.63) is 11.8 Å². The highest BCUT2D eigenvalue weighted by molar-refractivity contribution is 5.88. The number of nitriles is 1. The number of rotatable bonds is 3. The van der Waals surface area contributed by atoms with Gasteiger partial charge in [-0.1, -0.05) is 0 Å². The average molecular weight is 166 g/mol. The fraction of sp³-hybridized carbons (Fsp3) is 0.500. The summed E-state index contributed by atoms with van der Waals surface area (Å²) in [6.07, 6.45) is 1.47. The van der Waals surface area contributed by atoms with Gasteiger partial charge >= 0.3 is 0 Å². The number of nitrogens with two attached hydrogens (primary N) is 1. The van der Waals surface area contributed by atoms with Crippen molar-refractivity contribution in [2.45, 2.75) is 26.3 Å². The van der Waals surface area contributed by atoms with Crippen molar-refractivity contribution in [2.75, 3.05) is 0 Å². The molecule has 0 aromatic heterocycles. The van der Waals surface area contributed by atoms with E-state index in [1.165, 1.54) is 6.08 Å². The molecule has 0 aliphatic heterocycles. The first-order valence-corrected chi connectivity index (χ1v) is 3.59. The number of amidine groups is 1. The molecule has 0 atom stereocenters. The lowest BCUT2D eigenvalue weighted by molar-refractivity contribution is 0.545. The predicted molar refractivity (Wildman–Crippen MR) is 48.5 cm³/mol. The Kier molecular flexibility index (Phi) is 3.30. The van der Waals surface area contributed by atoms with E-state index in [-0.39, 0.29) is 5.84 Å². The second kappa shape index (κ2) is 3.77. The van der Waals surface area contributed by atoms with E-state index in [0.29, 0.717) is 5.70 Å². The minimum absolute atomic E-state index is 0.0197. The van der Waals surface area contributed by atoms with Gasteiger partial charge in [-0.3, -0.25) is 5.41 Å². The quantitative estimate of drug-likeness (QED) is 0.426. The smallest absolute Gasteiger partial charge is 0.119 e. The standard InChI is InChI=1S/C8H14N4/c1-6(4-7(10)11)12-8(2,3)5-9/h4,12H,1-3H3,(H3,10,11)/b6-4-. The van der Waals surface area contributed by atoms with Gasteiger partial charge in [0.2, 0.25) is 0 Å². The Morgan fingerprint density at radius 2 is 2.17 bits per heavy atom. The van der Waals surface area contributed by atoms with Crippen molar-refractivity contribution in [2.24, 2.45) is 5.73 Å². The summed E-state index contributed by atoms with van der Waals surface area (Å²) in [5.41, 5.74) is 5.24. The lowest BCUT2D eigenvalue weighted by atomic mass is 10.1. The molecule has 66 valence electrons. The molecule has 0 aromatic rings. The van der Waals surface area contributed by atoms with Gasteiger partial charge in [0.1, 0.15) is 11.4 Å². The van der Waals surface area contributed by atoms with E-state index in [2.05, 4.69) is 11.4 Å². The molecular formula is C8H14N4. The molecule has 0 saturated carbocycles. The Bertz CT molecular complexity index is 244. The first kappa shape index (κ1) is 10.5. The van der Waals surface area contributed by atoms with Crippen molar-refractivity contribution in [3.8, 4) is 6.07 Å². The number of nitrogens with one attached hydrogen (secondary N) is 2. The third-order valence-corrected chi connectivity index (χ3v) is 1.16. The summed E-state index contributed by atoms with van der Waals surface area (Å²) in [5.74, 6) is -0.0197. The average Bonchev–Trinajstić information content (AvgIpc) is 1.84. The van der Waals surface area contributed by atoms with Crippen molar-refractivity contribution in [3.63, 3.8) is 0 Å². The monoisotopic (exact) mass is 166 g/mol. The number of hydrogen-bond acceptors (Lipinski definition) is 3. The van der Waals surface area contributed by atoms with Gasteiger partial charge in [0.15, 0.2) is 0 Å². The van der Waals surface area contributed by atoms with Gasteiger partial charge in [-0.25, -0.2) is 0 Å². The number of nitrogens with zero attached hydrogens (tertiary/aromatic N) is 1. The maximum atomic E-state index is 8.65. The summed E-state index contributed by atoms with van der Waals surface area (Å²) >= 11 is 0. The molecule has 0 fully saturated rings. The SMILES string of the molecule is C/C(=C/C(=N)N)NC(C)(C)C#N. The molecule has 0 aliphatic rings. The van der Waals surface area contributed by atoms with Gasteiger partial charge in [-0.05, 0) is 26.8 Å². The van der Waals surface area contributed by atoms with Crippen LogP contribution in [0.25, 0.3) is 0 Å². The normalized spacial score (nSPS) is 12.0. The Hall–Kier alpha value is -1.50. The molecule has 0 heterocycles. The van der Waals surface area contributed by atoms with Crippen LogP contribution in [0.2, 0.25) is 0 Å². The largest absolute Gasteiger partial charge is 0.384 e. The van der Waals surface area contributed by atoms with Crippen LogP contribution >= 0.6 is 0 Å². The second-order valence-electron chi connectivity index (χ2n) is 3.14. The van der Waals surface area contributed by atoms with E-state index in [4.69, 9.17) is 16.4 Å². The molecule has 0 unspecified atom stereocenters. The Morgan fingerprint density at radius 1 is 1.67 bits per heavy atom. The molecule has 0 amide bonds. The summed E-state index contributed by atoms with van der Waals surface area (Å²) in [4.78, 5) is 0. The van der Waals surface area contributed by atoms with E-state index in [9.17, 15) is 0 Å². The number of allylic oxidation sites excluding steroid dienone is 1. The van der Waals surface area contributed by atoms with Crippen molar-refractivity contribution < 1.29 is 0 Å². The Balaban J connectivity index is 4.30. The summed E-state index contributed by atoms with van der Waals surface area (Å²) in [7, 11) is 0. The molecule has 0 aliphatic carbocycles. The van der Waals surface area contributed by atoms with Crippen LogP contribution in [0.5, 0.6) is 0 Å². The van der Waals surface area contributed by atoms with Gasteiger partial charge in [0.05, 0.1) is 6.07 Å². The Labute approximate surface area is 72.6 Å². The first-order chi connectivity index (χ1) is 5.37. The predicted octanol–water partition coefficient (Wildman–Crippen LogP) is 0.718. The minimum Gasteiger partial charge on any atom is -0.384 e. The van der Waals surface area contributed by atoms with Gasteiger partial charge in [0.25, 0.3) is 0 Å². The van der Waals surface area contributed by atoms with E-state index >= 15 is 0 Å². The molecular weight excluding hydrogens is 152 g/mol. The van der Waals surface area contributed by atoms with Crippen LogP contribution in [0.15, 0.2) is 11.8 Å². The van der Waals surface area contributed by atoms with Crippen LogP contribution in [-0.4, -0.2) is 11.4 Å². The maximum Gasteiger partial charge on any atom is 0.119 e. The van der Waals surface area contributed by atoms with Crippen LogP contribution in [-0.2, 0) is 0 Å². The van der Waals surface area contributed by atoms with Crippen molar-refractivity contribution >= 4 is 5.84 Å². The number of hydrogen-bond donors (Lipinski definition) is 3. The molecule has 0 aromatic carbocycles. The van der Waals surface area contributed by atoms with Gasteiger partial charge in [-0.2, -0.15) is 5.26 Å². The Morgan fingerprint density at radius 3 is 2.50 bits per heavy atom. The van der Waals surface area contributed by atoms with Crippen LogP contribution < -0.4 is 11.1 Å². The van der Waals surface area contributed by atoms with E-state index in [1.54, 1.807) is 20.8 Å². The van der Waals surface area contributed by atoms with Crippen molar-refractivity contribution in [1.29, 1.82) is 10.7 Å². The fourth-order valence-electron chi connectivity index (χ4n) is 0.790. The molecule has 12 heavy (non-hydrogen) atoms. The summed E-state index contributed by atoms with van der Waals surface area (Å²) < 4.78 is 0. The molecule has 0 spiro atoms. The fourth-order valence-corrected chi connectivity index (χ4v) is 0.790. The zero-order valence-electron chi connectivity index (χ0n) is 7.60. The maximum absolute atomic E-state index is 8.65. The van der Waals surface area contributed by atoms with Gasteiger partial charge in [-0.15, -0.1) is 0 Å². The van der Waals surface area contributed by atoms with E-state index in [0.717, 1.165) is 0 Å². The third-order valence-electron chi connectivity index (χ3n) is 1.16. The molecule has 4 nitrogen and oxygen atoms in total. The third kappa shape index (κ3) is 4.34. The highest BCUT2D eigenvalue weighted by Gasteiger charge is 2.14. The second-order valence-corrected chi connectivity index (χ2v) is 3.14. The molecule has 0 saturated heterocycles. The van der Waals surface area contributed by atoms with Gasteiger partial charge < -0.3 is 11.1 Å². The van der Waals surface area contributed by atoms with Gasteiger partial charge in [0, 0.05) is 5.70 Å². The first-order valence-electron chi connectivity index (χ1n) is 3.59. The molecule has 4 heteroatoms. The van der Waals surface area contributed by atoms with Crippen molar-refractivity contribution in [1.82, 2.24) is 5.32 Å².